The van der Waals surface area contributed by atoms with Gasteiger partial charge in [-0.2, -0.15) is 4.99 Å². The second kappa shape index (κ2) is 7.72. The van der Waals surface area contributed by atoms with Crippen molar-refractivity contribution in [3.63, 3.8) is 0 Å². The maximum absolute atomic E-state index is 11.8. The fourth-order valence-electron chi connectivity index (χ4n) is 0.983. The Morgan fingerprint density at radius 2 is 2.30 bits per heavy atom. The van der Waals surface area contributed by atoms with E-state index in [1.807, 2.05) is 6.92 Å². The van der Waals surface area contributed by atoms with Gasteiger partial charge in [0.15, 0.2) is 10.9 Å². The lowest BCUT2D eigenvalue weighted by atomic mass is 10.8. The molecule has 0 N–H and O–H groups in total. The topological polar surface area (TPSA) is 76.8 Å². The normalized spacial score (nSPS) is 11.0. The van der Waals surface area contributed by atoms with Crippen LogP contribution in [-0.2, 0) is 4.74 Å². The maximum Gasteiger partial charge on any atom is 0.438 e. The Morgan fingerprint density at radius 3 is 2.85 bits per heavy atom. The largest absolute Gasteiger partial charge is 0.438 e. The number of ether oxygens (including phenoxy) is 1. The molecule has 1 aromatic rings. The summed E-state index contributed by atoms with van der Waals surface area (Å²) in [5.41, 5.74) is 0. The molecule has 0 saturated heterocycles. The number of thioether (sulfide) groups is 1. The molecular formula is C11H14N4O3S2. The van der Waals surface area contributed by atoms with Crippen LogP contribution < -0.4 is 4.80 Å². The average molecular weight is 314 g/mol. The van der Waals surface area contributed by atoms with E-state index in [-0.39, 0.29) is 11.4 Å². The zero-order valence-corrected chi connectivity index (χ0v) is 13.0. The first-order valence-corrected chi connectivity index (χ1v) is 7.39. The molecule has 0 atom stereocenters. The van der Waals surface area contributed by atoms with Crippen molar-refractivity contribution < 1.29 is 14.3 Å². The van der Waals surface area contributed by atoms with Gasteiger partial charge in [0.1, 0.15) is 0 Å². The molecule has 1 heterocycles. The fourth-order valence-corrected chi connectivity index (χ4v) is 2.79. The van der Waals surface area contributed by atoms with Gasteiger partial charge < -0.3 is 9.64 Å². The van der Waals surface area contributed by atoms with Crippen molar-refractivity contribution in [3.05, 3.63) is 4.80 Å². The molecular weight excluding hydrogens is 300 g/mol. The SMILES string of the molecule is C#CCOC(=O)n1nc(SCC)sc1=NC(=O)N(C)C. The van der Waals surface area contributed by atoms with Crippen LogP contribution in [0.3, 0.4) is 0 Å². The predicted octanol–water partition coefficient (Wildman–Crippen LogP) is 1.26. The van der Waals surface area contributed by atoms with Gasteiger partial charge in [-0.25, -0.2) is 9.59 Å². The van der Waals surface area contributed by atoms with Crippen molar-refractivity contribution >= 4 is 35.2 Å². The summed E-state index contributed by atoms with van der Waals surface area (Å²) in [5.74, 6) is 2.97. The third-order valence-corrected chi connectivity index (χ3v) is 3.76. The first kappa shape index (κ1) is 16.3. The Labute approximate surface area is 124 Å². The molecule has 0 aliphatic rings. The maximum atomic E-state index is 11.8. The fraction of sp³-hybridized carbons (Fsp3) is 0.455. The van der Waals surface area contributed by atoms with Crippen LogP contribution >= 0.6 is 23.1 Å². The second-order valence-corrected chi connectivity index (χ2v) is 6.01. The molecule has 0 saturated carbocycles. The summed E-state index contributed by atoms with van der Waals surface area (Å²) in [6.07, 6.45) is 4.27. The quantitative estimate of drug-likeness (QED) is 0.620. The molecule has 0 bridgehead atoms. The third kappa shape index (κ3) is 4.40. The van der Waals surface area contributed by atoms with Gasteiger partial charge in [-0.05, 0) is 5.75 Å². The molecule has 7 nitrogen and oxygen atoms in total. The summed E-state index contributed by atoms with van der Waals surface area (Å²) < 4.78 is 6.36. The highest BCUT2D eigenvalue weighted by Crippen LogP contribution is 2.16. The van der Waals surface area contributed by atoms with Crippen molar-refractivity contribution in [1.82, 2.24) is 14.7 Å². The number of carbonyl (C=O) groups is 2. The van der Waals surface area contributed by atoms with Crippen LogP contribution in [0, 0.1) is 12.3 Å². The summed E-state index contributed by atoms with van der Waals surface area (Å²) in [5, 5.41) is 4.06. The Bertz CT molecular complexity index is 598. The van der Waals surface area contributed by atoms with E-state index in [9.17, 15) is 9.59 Å². The van der Waals surface area contributed by atoms with Gasteiger partial charge in [0.2, 0.25) is 4.80 Å². The van der Waals surface area contributed by atoms with E-state index in [0.29, 0.717) is 4.34 Å². The highest BCUT2D eigenvalue weighted by atomic mass is 32.2. The molecule has 0 aromatic carbocycles. The van der Waals surface area contributed by atoms with Crippen LogP contribution in [-0.4, -0.2) is 53.3 Å². The van der Waals surface area contributed by atoms with Crippen molar-refractivity contribution in [2.24, 2.45) is 4.99 Å². The number of hydrogen-bond donors (Lipinski definition) is 0. The Balaban J connectivity index is 3.17. The number of hydrogen-bond acceptors (Lipinski definition) is 6. The number of amides is 2. The number of rotatable bonds is 3. The molecule has 0 unspecified atom stereocenters. The Hall–Kier alpha value is -1.79. The van der Waals surface area contributed by atoms with Gasteiger partial charge in [-0.3, -0.25) is 0 Å². The van der Waals surface area contributed by atoms with Gasteiger partial charge in [0.25, 0.3) is 0 Å². The average Bonchev–Trinajstić information content (AvgIpc) is 2.79. The predicted molar refractivity (Wildman–Crippen MR) is 76.7 cm³/mol. The van der Waals surface area contributed by atoms with Crippen LogP contribution in [0.2, 0.25) is 0 Å². The van der Waals surface area contributed by atoms with E-state index >= 15 is 0 Å². The van der Waals surface area contributed by atoms with Crippen molar-refractivity contribution in [3.8, 4) is 12.3 Å². The van der Waals surface area contributed by atoms with E-state index in [1.54, 1.807) is 14.1 Å². The molecule has 0 spiro atoms. The summed E-state index contributed by atoms with van der Waals surface area (Å²) in [6, 6.07) is -0.486. The molecule has 20 heavy (non-hydrogen) atoms. The van der Waals surface area contributed by atoms with Crippen molar-refractivity contribution in [2.75, 3.05) is 26.5 Å². The number of terminal acetylenes is 1. The van der Waals surface area contributed by atoms with Crippen LogP contribution in [0.15, 0.2) is 9.33 Å². The van der Waals surface area contributed by atoms with Crippen LogP contribution in [0.4, 0.5) is 9.59 Å². The molecule has 0 aliphatic heterocycles. The number of nitrogens with zero attached hydrogens (tertiary/aromatic N) is 4. The zero-order chi connectivity index (χ0) is 15.1. The first-order chi connectivity index (χ1) is 9.49. The highest BCUT2D eigenvalue weighted by molar-refractivity contribution is 8.00. The molecule has 0 radical (unpaired) electrons. The number of urea groups is 1. The minimum atomic E-state index is -0.757. The monoisotopic (exact) mass is 314 g/mol. The Kier molecular flexibility index (Phi) is 6.27. The van der Waals surface area contributed by atoms with E-state index in [1.165, 1.54) is 16.7 Å². The highest BCUT2D eigenvalue weighted by Gasteiger charge is 2.14. The number of carbonyl (C=O) groups excluding carboxylic acids is 2. The lowest BCUT2D eigenvalue weighted by Crippen LogP contribution is -2.29. The summed E-state index contributed by atoms with van der Waals surface area (Å²) in [7, 11) is 3.13. The molecule has 2 amide bonds. The third-order valence-electron chi connectivity index (χ3n) is 1.84. The van der Waals surface area contributed by atoms with Crippen molar-refractivity contribution in [1.29, 1.82) is 0 Å². The molecule has 1 rings (SSSR count). The van der Waals surface area contributed by atoms with Gasteiger partial charge in [0, 0.05) is 14.1 Å². The molecule has 1 aromatic heterocycles. The molecule has 9 heteroatoms. The molecule has 0 fully saturated rings. The molecule has 108 valence electrons. The minimum Gasteiger partial charge on any atom is -0.435 e. The summed E-state index contributed by atoms with van der Waals surface area (Å²) >= 11 is 2.58. The van der Waals surface area contributed by atoms with E-state index in [2.05, 4.69) is 16.0 Å². The molecule has 0 aliphatic carbocycles. The number of aromatic nitrogens is 2. The van der Waals surface area contributed by atoms with Crippen molar-refractivity contribution in [2.45, 2.75) is 11.3 Å². The lowest BCUT2D eigenvalue weighted by molar-refractivity contribution is 0.157. The van der Waals surface area contributed by atoms with E-state index in [0.717, 1.165) is 21.8 Å². The van der Waals surface area contributed by atoms with E-state index < -0.39 is 12.1 Å². The van der Waals surface area contributed by atoms with Crippen LogP contribution in [0.1, 0.15) is 6.92 Å². The zero-order valence-electron chi connectivity index (χ0n) is 11.3. The van der Waals surface area contributed by atoms with Crippen LogP contribution in [0.5, 0.6) is 0 Å². The second-order valence-electron chi connectivity index (χ2n) is 3.54. The van der Waals surface area contributed by atoms with Gasteiger partial charge in [-0.1, -0.05) is 35.9 Å². The minimum absolute atomic E-state index is 0.154. The first-order valence-electron chi connectivity index (χ1n) is 5.59. The Morgan fingerprint density at radius 1 is 1.60 bits per heavy atom. The smallest absolute Gasteiger partial charge is 0.435 e. The lowest BCUT2D eigenvalue weighted by Gasteiger charge is -2.04. The van der Waals surface area contributed by atoms with Gasteiger partial charge in [0.05, 0.1) is 0 Å². The standard InChI is InChI=1S/C11H14N4O3S2/c1-5-7-18-11(17)15-9(12-8(16)14(3)4)20-10(13-15)19-6-2/h1H,6-7H2,2-4H3. The van der Waals surface area contributed by atoms with Crippen LogP contribution in [0.25, 0.3) is 0 Å². The summed E-state index contributed by atoms with van der Waals surface area (Å²) in [6.45, 7) is 1.79. The van der Waals surface area contributed by atoms with Gasteiger partial charge >= 0.3 is 12.1 Å². The summed E-state index contributed by atoms with van der Waals surface area (Å²) in [4.78, 5) is 28.7. The van der Waals surface area contributed by atoms with E-state index in [4.69, 9.17) is 11.2 Å². The van der Waals surface area contributed by atoms with Gasteiger partial charge in [-0.15, -0.1) is 16.2 Å².